The number of carbonyl (C=O) groups excluding carboxylic acids is 2. The normalized spacial score (nSPS) is 12.7. The largest absolute Gasteiger partial charge is 0.482 e. The highest BCUT2D eigenvalue weighted by atomic mass is 16.5. The first-order valence-corrected chi connectivity index (χ1v) is 8.69. The number of benzene rings is 2. The van der Waals surface area contributed by atoms with Gasteiger partial charge in [-0.2, -0.15) is 0 Å². The van der Waals surface area contributed by atoms with Gasteiger partial charge in [0, 0.05) is 12.1 Å². The molecule has 2 heterocycles. The second-order valence-corrected chi connectivity index (χ2v) is 6.13. The van der Waals surface area contributed by atoms with Gasteiger partial charge in [-0.25, -0.2) is 4.98 Å². The van der Waals surface area contributed by atoms with Crippen molar-refractivity contribution in [2.24, 2.45) is 0 Å². The Hall–Kier alpha value is -3.88. The molecule has 1 aromatic heterocycles. The van der Waals surface area contributed by atoms with Crippen LogP contribution < -0.4 is 26.5 Å². The van der Waals surface area contributed by atoms with E-state index in [-0.39, 0.29) is 24.0 Å². The van der Waals surface area contributed by atoms with E-state index in [0.717, 1.165) is 0 Å². The van der Waals surface area contributed by atoms with Gasteiger partial charge >= 0.3 is 0 Å². The lowest BCUT2D eigenvalue weighted by Gasteiger charge is -2.18. The molecule has 2 aromatic carbocycles. The molecule has 2 amide bonds. The first kappa shape index (κ1) is 17.5. The molecule has 0 unspecified atom stereocenters. The predicted molar refractivity (Wildman–Crippen MR) is 103 cm³/mol. The fraction of sp³-hybridized carbons (Fsp3) is 0.158. The molecule has 1 aliphatic rings. The van der Waals surface area contributed by atoms with Crippen LogP contribution in [-0.4, -0.2) is 28.0 Å². The lowest BCUT2D eigenvalue weighted by molar-refractivity contribution is -0.118. The average Bonchev–Trinajstić information content (AvgIpc) is 2.71. The zero-order chi connectivity index (χ0) is 19.7. The van der Waals surface area contributed by atoms with Crippen molar-refractivity contribution in [3.8, 4) is 5.75 Å². The van der Waals surface area contributed by atoms with E-state index < -0.39 is 5.91 Å². The third kappa shape index (κ3) is 3.13. The summed E-state index contributed by atoms with van der Waals surface area (Å²) in [7, 11) is 0. The third-order valence-corrected chi connectivity index (χ3v) is 4.34. The van der Waals surface area contributed by atoms with Gasteiger partial charge < -0.3 is 10.1 Å². The Bertz CT molecular complexity index is 1150. The van der Waals surface area contributed by atoms with Gasteiger partial charge in [0.15, 0.2) is 6.61 Å². The number of ether oxygens (including phenoxy) is 1. The molecule has 0 fully saturated rings. The number of fused-ring (bicyclic) bond motifs is 2. The summed E-state index contributed by atoms with van der Waals surface area (Å²) in [6, 6.07) is 11.7. The molecule has 0 saturated heterocycles. The van der Waals surface area contributed by atoms with Gasteiger partial charge in [-0.3, -0.25) is 29.8 Å². The Morgan fingerprint density at radius 1 is 1.25 bits per heavy atom. The van der Waals surface area contributed by atoms with E-state index in [2.05, 4.69) is 21.2 Å². The smallest absolute Gasteiger partial charge is 0.269 e. The first-order chi connectivity index (χ1) is 13.6. The minimum Gasteiger partial charge on any atom is -0.482 e. The number of rotatable bonds is 4. The number of nitrogens with zero attached hydrogens (tertiary/aromatic N) is 2. The van der Waals surface area contributed by atoms with Crippen LogP contribution in [-0.2, 0) is 11.3 Å². The molecule has 0 bridgehead atoms. The molecule has 3 N–H and O–H groups in total. The highest BCUT2D eigenvalue weighted by Crippen LogP contribution is 2.28. The van der Waals surface area contributed by atoms with Gasteiger partial charge in [0.1, 0.15) is 5.75 Å². The summed E-state index contributed by atoms with van der Waals surface area (Å²) in [5, 5.41) is 3.16. The molecule has 0 saturated carbocycles. The van der Waals surface area contributed by atoms with E-state index in [9.17, 15) is 14.4 Å². The molecular formula is C19H17N5O4. The van der Waals surface area contributed by atoms with Crippen LogP contribution in [0.15, 0.2) is 47.3 Å². The van der Waals surface area contributed by atoms with Gasteiger partial charge in [-0.1, -0.05) is 12.1 Å². The summed E-state index contributed by atoms with van der Waals surface area (Å²) in [5.74, 6) is -0.00235. The molecule has 28 heavy (non-hydrogen) atoms. The minimum absolute atomic E-state index is 0.0533. The molecule has 0 aliphatic carbocycles. The number of carbonyl (C=O) groups is 2. The lowest BCUT2D eigenvalue weighted by Crippen LogP contribution is -2.34. The van der Waals surface area contributed by atoms with E-state index >= 15 is 0 Å². The van der Waals surface area contributed by atoms with Crippen molar-refractivity contribution in [1.82, 2.24) is 15.0 Å². The van der Waals surface area contributed by atoms with Gasteiger partial charge in [-0.15, -0.1) is 0 Å². The molecule has 9 heteroatoms. The van der Waals surface area contributed by atoms with Crippen molar-refractivity contribution >= 4 is 34.4 Å². The van der Waals surface area contributed by atoms with Crippen LogP contribution in [0, 0.1) is 0 Å². The third-order valence-electron chi connectivity index (χ3n) is 4.34. The number of amides is 2. The SMILES string of the molecule is CCn1c(NNC(=O)c2ccc3c(c2)NC(=O)CO3)nc2ccccc2c1=O. The van der Waals surface area contributed by atoms with E-state index in [4.69, 9.17) is 4.74 Å². The molecule has 9 nitrogen and oxygen atoms in total. The van der Waals surface area contributed by atoms with Crippen LogP contribution in [0.25, 0.3) is 10.9 Å². The average molecular weight is 379 g/mol. The Balaban J connectivity index is 1.58. The quantitative estimate of drug-likeness (QED) is 0.592. The molecular weight excluding hydrogens is 362 g/mol. The number of nitrogens with one attached hydrogen (secondary N) is 3. The van der Waals surface area contributed by atoms with Crippen molar-refractivity contribution in [2.75, 3.05) is 17.3 Å². The summed E-state index contributed by atoms with van der Waals surface area (Å²) >= 11 is 0. The van der Waals surface area contributed by atoms with E-state index in [1.165, 1.54) is 10.6 Å². The number of hydrogen-bond donors (Lipinski definition) is 3. The minimum atomic E-state index is -0.451. The molecule has 0 atom stereocenters. The van der Waals surface area contributed by atoms with Crippen LogP contribution in [0.4, 0.5) is 11.6 Å². The molecule has 142 valence electrons. The summed E-state index contributed by atoms with van der Waals surface area (Å²) in [6.07, 6.45) is 0. The Morgan fingerprint density at radius 2 is 2.07 bits per heavy atom. The maximum atomic E-state index is 12.6. The van der Waals surface area contributed by atoms with E-state index in [1.807, 2.05) is 6.92 Å². The number of hydrogen-bond acceptors (Lipinski definition) is 6. The number of hydrazine groups is 1. The molecule has 1 aliphatic heterocycles. The van der Waals surface area contributed by atoms with Gasteiger partial charge in [-0.05, 0) is 37.3 Å². The molecule has 4 rings (SSSR count). The van der Waals surface area contributed by atoms with Crippen molar-refractivity contribution in [1.29, 1.82) is 0 Å². The topological polar surface area (TPSA) is 114 Å². The summed E-state index contributed by atoms with van der Waals surface area (Å²) < 4.78 is 6.71. The van der Waals surface area contributed by atoms with Crippen molar-refractivity contribution in [3.05, 3.63) is 58.4 Å². The summed E-state index contributed by atoms with van der Waals surface area (Å²) in [5.41, 5.74) is 6.32. The highest BCUT2D eigenvalue weighted by Gasteiger charge is 2.18. The van der Waals surface area contributed by atoms with Crippen LogP contribution in [0.5, 0.6) is 5.75 Å². The first-order valence-electron chi connectivity index (χ1n) is 8.69. The van der Waals surface area contributed by atoms with Crippen LogP contribution in [0.1, 0.15) is 17.3 Å². The van der Waals surface area contributed by atoms with Gasteiger partial charge in [0.25, 0.3) is 17.4 Å². The van der Waals surface area contributed by atoms with Crippen LogP contribution in [0.2, 0.25) is 0 Å². The van der Waals surface area contributed by atoms with E-state index in [0.29, 0.717) is 34.4 Å². The fourth-order valence-electron chi connectivity index (χ4n) is 2.97. The Labute approximate surface area is 159 Å². The van der Waals surface area contributed by atoms with Gasteiger partial charge in [0.2, 0.25) is 5.95 Å². The highest BCUT2D eigenvalue weighted by molar-refractivity contribution is 6.00. The van der Waals surface area contributed by atoms with Crippen molar-refractivity contribution in [2.45, 2.75) is 13.5 Å². The maximum Gasteiger partial charge on any atom is 0.269 e. The standard InChI is InChI=1S/C19H17N5O4/c1-2-24-18(27)12-5-3-4-6-13(12)21-19(24)23-22-17(26)11-7-8-15-14(9-11)20-16(25)10-28-15/h3-9H,2,10H2,1H3,(H,20,25)(H,21,23)(H,22,26). The maximum absolute atomic E-state index is 12.6. The second-order valence-electron chi connectivity index (χ2n) is 6.13. The van der Waals surface area contributed by atoms with E-state index in [1.54, 1.807) is 36.4 Å². The molecule has 0 radical (unpaired) electrons. The zero-order valence-electron chi connectivity index (χ0n) is 15.0. The van der Waals surface area contributed by atoms with Crippen molar-refractivity contribution in [3.63, 3.8) is 0 Å². The number of para-hydroxylation sites is 1. The zero-order valence-corrected chi connectivity index (χ0v) is 15.0. The second kappa shape index (κ2) is 7.03. The van der Waals surface area contributed by atoms with Crippen molar-refractivity contribution < 1.29 is 14.3 Å². The van der Waals surface area contributed by atoms with Crippen LogP contribution in [0.3, 0.4) is 0 Å². The molecule has 3 aromatic rings. The summed E-state index contributed by atoms with van der Waals surface area (Å²) in [4.78, 5) is 40.9. The number of aromatic nitrogens is 2. The molecule has 0 spiro atoms. The lowest BCUT2D eigenvalue weighted by atomic mass is 10.1. The monoisotopic (exact) mass is 379 g/mol. The Morgan fingerprint density at radius 3 is 2.89 bits per heavy atom. The van der Waals surface area contributed by atoms with Crippen LogP contribution >= 0.6 is 0 Å². The Kier molecular flexibility index (Phi) is 4.40. The predicted octanol–water partition coefficient (Wildman–Crippen LogP) is 1.50. The van der Waals surface area contributed by atoms with Gasteiger partial charge in [0.05, 0.1) is 16.6 Å². The fourth-order valence-corrected chi connectivity index (χ4v) is 2.97. The number of anilines is 2. The summed E-state index contributed by atoms with van der Waals surface area (Å²) in [6.45, 7) is 2.15.